The van der Waals surface area contributed by atoms with Crippen molar-refractivity contribution in [2.45, 2.75) is 39.3 Å². The molecule has 142 valence electrons. The molecular formula is C20H24N4O3. The lowest BCUT2D eigenvalue weighted by atomic mass is 10.1. The van der Waals surface area contributed by atoms with Gasteiger partial charge >= 0.3 is 0 Å². The average molecular weight is 368 g/mol. The number of nitrogens with one attached hydrogen (secondary N) is 1. The predicted octanol–water partition coefficient (Wildman–Crippen LogP) is 3.37. The van der Waals surface area contributed by atoms with Crippen LogP contribution in [0, 0.1) is 5.92 Å². The monoisotopic (exact) mass is 368 g/mol. The van der Waals surface area contributed by atoms with Gasteiger partial charge in [0.1, 0.15) is 11.9 Å². The zero-order valence-electron chi connectivity index (χ0n) is 15.9. The van der Waals surface area contributed by atoms with E-state index in [1.54, 1.807) is 7.11 Å². The molecule has 4 rings (SSSR count). The Labute approximate surface area is 157 Å². The summed E-state index contributed by atoms with van der Waals surface area (Å²) in [6, 6.07) is 7.78. The van der Waals surface area contributed by atoms with E-state index < -0.39 is 6.10 Å². The summed E-state index contributed by atoms with van der Waals surface area (Å²) >= 11 is 0. The van der Waals surface area contributed by atoms with E-state index in [1.165, 1.54) is 0 Å². The lowest BCUT2D eigenvalue weighted by Gasteiger charge is -2.08. The number of nitrogens with zero attached hydrogens (tertiary/aromatic N) is 3. The van der Waals surface area contributed by atoms with Crippen molar-refractivity contribution in [1.29, 1.82) is 0 Å². The molecule has 0 bridgehead atoms. The van der Waals surface area contributed by atoms with Crippen LogP contribution in [0.3, 0.4) is 0 Å². The Morgan fingerprint density at radius 3 is 2.96 bits per heavy atom. The molecule has 1 unspecified atom stereocenters. The van der Waals surface area contributed by atoms with E-state index in [0.29, 0.717) is 18.3 Å². The number of carbonyl (C=O) groups is 1. The van der Waals surface area contributed by atoms with Crippen molar-refractivity contribution in [2.24, 2.45) is 5.92 Å². The number of carbonyl (C=O) groups excluding carboxylic acids is 1. The highest BCUT2D eigenvalue weighted by Crippen LogP contribution is 2.29. The van der Waals surface area contributed by atoms with Crippen molar-refractivity contribution in [3.05, 3.63) is 24.3 Å². The highest BCUT2D eigenvalue weighted by atomic mass is 16.5. The second kappa shape index (κ2) is 7.15. The summed E-state index contributed by atoms with van der Waals surface area (Å²) in [5.41, 5.74) is 1.63. The summed E-state index contributed by atoms with van der Waals surface area (Å²) < 4.78 is 12.7. The van der Waals surface area contributed by atoms with E-state index in [9.17, 15) is 4.79 Å². The van der Waals surface area contributed by atoms with Gasteiger partial charge in [0.15, 0.2) is 11.5 Å². The first kappa shape index (κ1) is 17.7. The Balaban J connectivity index is 1.80. The Bertz CT molecular complexity index is 990. The fraction of sp³-hybridized carbons (Fsp3) is 0.450. The summed E-state index contributed by atoms with van der Waals surface area (Å²) in [7, 11) is 1.64. The summed E-state index contributed by atoms with van der Waals surface area (Å²) in [4.78, 5) is 17.3. The molecule has 2 aromatic heterocycles. The van der Waals surface area contributed by atoms with Crippen molar-refractivity contribution < 1.29 is 14.3 Å². The molecule has 1 aliphatic heterocycles. The van der Waals surface area contributed by atoms with Gasteiger partial charge in [0.25, 0.3) is 5.91 Å². The number of amides is 1. The Kier molecular flexibility index (Phi) is 4.70. The van der Waals surface area contributed by atoms with Crippen molar-refractivity contribution in [1.82, 2.24) is 14.8 Å². The number of fused-ring (bicyclic) bond motifs is 2. The van der Waals surface area contributed by atoms with Crippen LogP contribution in [0.5, 0.6) is 5.75 Å². The summed E-state index contributed by atoms with van der Waals surface area (Å²) in [6.07, 6.45) is 1.25. The molecule has 3 aromatic rings. The van der Waals surface area contributed by atoms with Crippen LogP contribution in [0.15, 0.2) is 24.3 Å². The number of rotatable bonds is 5. The van der Waals surface area contributed by atoms with Crippen LogP contribution in [0.1, 0.15) is 26.7 Å². The first-order valence-corrected chi connectivity index (χ1v) is 9.33. The van der Waals surface area contributed by atoms with E-state index in [4.69, 9.17) is 14.5 Å². The minimum atomic E-state index is -0.399. The molecule has 7 nitrogen and oxygen atoms in total. The lowest BCUT2D eigenvalue weighted by Crippen LogP contribution is -2.27. The highest BCUT2D eigenvalue weighted by Gasteiger charge is 2.25. The summed E-state index contributed by atoms with van der Waals surface area (Å²) in [5, 5.41) is 9.35. The molecule has 1 amide bonds. The number of anilines is 1. The predicted molar refractivity (Wildman–Crippen MR) is 104 cm³/mol. The smallest absolute Gasteiger partial charge is 0.254 e. The van der Waals surface area contributed by atoms with E-state index in [1.807, 2.05) is 28.9 Å². The van der Waals surface area contributed by atoms with Gasteiger partial charge in [0.05, 0.1) is 18.0 Å². The average Bonchev–Trinajstić information content (AvgIpc) is 3.29. The van der Waals surface area contributed by atoms with E-state index >= 15 is 0 Å². The Hall–Kier alpha value is -2.67. The van der Waals surface area contributed by atoms with E-state index in [-0.39, 0.29) is 5.91 Å². The molecule has 7 heteroatoms. The standard InChI is InChI=1S/C20H24N4O3/c1-12(2)11-24-19-15(10-13-9-14(26-3)6-7-16(13)21-19)18(23-24)22-20(25)17-5-4-8-27-17/h6-7,9-10,12,17H,4-5,8,11H2,1-3H3,(H,22,23,25). The number of aromatic nitrogens is 3. The number of methoxy groups -OCH3 is 1. The molecule has 1 aliphatic rings. The Morgan fingerprint density at radius 2 is 2.26 bits per heavy atom. The highest BCUT2D eigenvalue weighted by molar-refractivity contribution is 6.04. The zero-order chi connectivity index (χ0) is 19.0. The summed E-state index contributed by atoms with van der Waals surface area (Å²) in [6.45, 7) is 5.61. The number of pyridine rings is 1. The van der Waals surface area contributed by atoms with Gasteiger partial charge in [-0.25, -0.2) is 9.67 Å². The topological polar surface area (TPSA) is 78.3 Å². The SMILES string of the molecule is COc1ccc2nc3c(cc2c1)c(NC(=O)C1CCCO1)nn3CC(C)C. The fourth-order valence-electron chi connectivity index (χ4n) is 3.41. The van der Waals surface area contributed by atoms with Gasteiger partial charge in [-0.2, -0.15) is 5.10 Å². The maximum absolute atomic E-state index is 12.5. The summed E-state index contributed by atoms with van der Waals surface area (Å²) in [5.74, 6) is 1.56. The normalized spacial score (nSPS) is 17.1. The van der Waals surface area contributed by atoms with Crippen LogP contribution in [-0.4, -0.2) is 40.5 Å². The van der Waals surface area contributed by atoms with Crippen LogP contribution in [-0.2, 0) is 16.1 Å². The van der Waals surface area contributed by atoms with Crippen molar-refractivity contribution in [3.63, 3.8) is 0 Å². The maximum atomic E-state index is 12.5. The van der Waals surface area contributed by atoms with Crippen molar-refractivity contribution in [2.75, 3.05) is 19.0 Å². The first-order chi connectivity index (χ1) is 13.0. The largest absolute Gasteiger partial charge is 0.497 e. The maximum Gasteiger partial charge on any atom is 0.254 e. The molecule has 1 N–H and O–H groups in total. The molecule has 0 spiro atoms. The van der Waals surface area contributed by atoms with Gasteiger partial charge in [0.2, 0.25) is 0 Å². The van der Waals surface area contributed by atoms with Gasteiger partial charge in [-0.1, -0.05) is 13.8 Å². The van der Waals surface area contributed by atoms with Gasteiger partial charge in [-0.05, 0) is 43.0 Å². The molecule has 1 atom stereocenters. The Morgan fingerprint density at radius 1 is 1.41 bits per heavy atom. The zero-order valence-corrected chi connectivity index (χ0v) is 15.9. The molecular weight excluding hydrogens is 344 g/mol. The van der Waals surface area contributed by atoms with Gasteiger partial charge in [-0.15, -0.1) is 0 Å². The van der Waals surface area contributed by atoms with Crippen molar-refractivity contribution >= 4 is 33.7 Å². The molecule has 1 aromatic carbocycles. The number of hydrogen-bond donors (Lipinski definition) is 1. The molecule has 27 heavy (non-hydrogen) atoms. The van der Waals surface area contributed by atoms with Crippen LogP contribution >= 0.6 is 0 Å². The minimum absolute atomic E-state index is 0.144. The van der Waals surface area contributed by atoms with E-state index in [0.717, 1.165) is 47.1 Å². The van der Waals surface area contributed by atoms with Crippen molar-refractivity contribution in [3.8, 4) is 5.75 Å². The third-order valence-electron chi connectivity index (χ3n) is 4.72. The van der Waals surface area contributed by atoms with Crippen LogP contribution < -0.4 is 10.1 Å². The van der Waals surface area contributed by atoms with Gasteiger partial charge in [0, 0.05) is 18.5 Å². The van der Waals surface area contributed by atoms with Crippen LogP contribution in [0.25, 0.3) is 21.9 Å². The van der Waals surface area contributed by atoms with Gasteiger partial charge in [-0.3, -0.25) is 4.79 Å². The molecule has 0 radical (unpaired) electrons. The molecule has 1 saturated heterocycles. The fourth-order valence-corrected chi connectivity index (χ4v) is 3.41. The van der Waals surface area contributed by atoms with Crippen LogP contribution in [0.4, 0.5) is 5.82 Å². The number of benzene rings is 1. The number of ether oxygens (including phenoxy) is 2. The third kappa shape index (κ3) is 3.47. The molecule has 1 fully saturated rings. The van der Waals surface area contributed by atoms with Gasteiger partial charge < -0.3 is 14.8 Å². The lowest BCUT2D eigenvalue weighted by molar-refractivity contribution is -0.124. The second-order valence-electron chi connectivity index (χ2n) is 7.33. The molecule has 0 aliphatic carbocycles. The van der Waals surface area contributed by atoms with Crippen LogP contribution in [0.2, 0.25) is 0 Å². The first-order valence-electron chi connectivity index (χ1n) is 9.33. The minimum Gasteiger partial charge on any atom is -0.497 e. The third-order valence-corrected chi connectivity index (χ3v) is 4.72. The van der Waals surface area contributed by atoms with E-state index in [2.05, 4.69) is 24.3 Å². The second-order valence-corrected chi connectivity index (χ2v) is 7.33. The number of hydrogen-bond acceptors (Lipinski definition) is 5. The molecule has 3 heterocycles. The molecule has 0 saturated carbocycles. The quantitative estimate of drug-likeness (QED) is 0.747.